The number of hydrogen-bond donors (Lipinski definition) is 0. The van der Waals surface area contributed by atoms with Gasteiger partial charge in [-0.1, -0.05) is 11.6 Å². The number of ether oxygens (including phenoxy) is 1. The largest absolute Gasteiger partial charge is 0.465 e. The van der Waals surface area contributed by atoms with Crippen molar-refractivity contribution in [2.75, 3.05) is 7.11 Å². The summed E-state index contributed by atoms with van der Waals surface area (Å²) < 4.78 is 5.15. The Hall–Kier alpha value is -0.610. The van der Waals surface area contributed by atoms with Gasteiger partial charge in [0.1, 0.15) is 0 Å². The molecule has 13 heavy (non-hydrogen) atoms. The van der Waals surface area contributed by atoms with E-state index in [1.54, 1.807) is 6.92 Å². The molecule has 0 aliphatic rings. The molecular formula is C8H7BrClNO2. The normalized spacial score (nSPS) is 9.85. The molecule has 70 valence electrons. The van der Waals surface area contributed by atoms with E-state index in [4.69, 9.17) is 11.6 Å². The summed E-state index contributed by atoms with van der Waals surface area (Å²) in [4.78, 5) is 15.1. The number of methoxy groups -OCH3 is 1. The molecule has 1 aromatic heterocycles. The second kappa shape index (κ2) is 4.07. The van der Waals surface area contributed by atoms with Gasteiger partial charge in [0, 0.05) is 6.20 Å². The molecule has 0 spiro atoms. The summed E-state index contributed by atoms with van der Waals surface area (Å²) in [5, 5.41) is 0.333. The third-order valence-corrected chi connectivity index (χ3v) is 3.13. The van der Waals surface area contributed by atoms with E-state index in [1.165, 1.54) is 13.3 Å². The average Bonchev–Trinajstić information content (AvgIpc) is 2.13. The van der Waals surface area contributed by atoms with Gasteiger partial charge in [0.05, 0.1) is 27.9 Å². The van der Waals surface area contributed by atoms with Crippen LogP contribution in [0, 0.1) is 6.92 Å². The van der Waals surface area contributed by atoms with E-state index in [-0.39, 0.29) is 5.56 Å². The lowest BCUT2D eigenvalue weighted by Crippen LogP contribution is -2.04. The van der Waals surface area contributed by atoms with E-state index in [0.717, 1.165) is 5.69 Å². The van der Waals surface area contributed by atoms with E-state index < -0.39 is 5.97 Å². The Balaban J connectivity index is 3.26. The molecule has 1 rings (SSSR count). The monoisotopic (exact) mass is 263 g/mol. The highest BCUT2D eigenvalue weighted by Gasteiger charge is 2.14. The van der Waals surface area contributed by atoms with Crippen molar-refractivity contribution in [1.82, 2.24) is 4.98 Å². The van der Waals surface area contributed by atoms with Gasteiger partial charge in [0.2, 0.25) is 0 Å². The van der Waals surface area contributed by atoms with Crippen LogP contribution in [0.4, 0.5) is 0 Å². The zero-order valence-corrected chi connectivity index (χ0v) is 9.44. The number of halogens is 2. The molecule has 3 nitrogen and oxygen atoms in total. The number of pyridine rings is 1. The Morgan fingerprint density at radius 3 is 2.85 bits per heavy atom. The van der Waals surface area contributed by atoms with Crippen molar-refractivity contribution < 1.29 is 9.53 Å². The molecule has 1 aromatic rings. The second-order valence-corrected chi connectivity index (χ2v) is 3.55. The number of rotatable bonds is 1. The molecule has 5 heteroatoms. The molecule has 0 unspecified atom stereocenters. The minimum absolute atomic E-state index is 0.265. The third-order valence-electron chi connectivity index (χ3n) is 1.54. The van der Waals surface area contributed by atoms with Gasteiger partial charge in [0.25, 0.3) is 0 Å². The van der Waals surface area contributed by atoms with Crippen LogP contribution in [0.1, 0.15) is 16.1 Å². The minimum atomic E-state index is -0.488. The van der Waals surface area contributed by atoms with Crippen molar-refractivity contribution in [3.05, 3.63) is 26.9 Å². The summed E-state index contributed by atoms with van der Waals surface area (Å²) in [6, 6.07) is 0. The van der Waals surface area contributed by atoms with Crippen LogP contribution in [-0.2, 0) is 4.74 Å². The molecule has 0 fully saturated rings. The van der Waals surface area contributed by atoms with Crippen molar-refractivity contribution in [2.45, 2.75) is 6.92 Å². The number of esters is 1. The van der Waals surface area contributed by atoms with Crippen molar-refractivity contribution in [3.8, 4) is 0 Å². The van der Waals surface area contributed by atoms with Crippen molar-refractivity contribution in [1.29, 1.82) is 0 Å². The first-order chi connectivity index (χ1) is 6.07. The summed E-state index contributed by atoms with van der Waals surface area (Å²) in [7, 11) is 1.30. The molecule has 0 N–H and O–H groups in total. The van der Waals surface area contributed by atoms with Gasteiger partial charge >= 0.3 is 5.97 Å². The summed E-state index contributed by atoms with van der Waals surface area (Å²) in [6.45, 7) is 1.79. The van der Waals surface area contributed by atoms with Crippen LogP contribution < -0.4 is 0 Å². The number of nitrogens with zero attached hydrogens (tertiary/aromatic N) is 1. The van der Waals surface area contributed by atoms with E-state index in [0.29, 0.717) is 9.50 Å². The zero-order valence-electron chi connectivity index (χ0n) is 7.10. The lowest BCUT2D eigenvalue weighted by molar-refractivity contribution is 0.0600. The highest BCUT2D eigenvalue weighted by molar-refractivity contribution is 9.10. The maximum absolute atomic E-state index is 11.1. The standard InChI is InChI=1S/C8H7BrClNO2/c1-4-6(9)7(10)5(3-11-4)8(12)13-2/h3H,1-2H3. The van der Waals surface area contributed by atoms with Crippen molar-refractivity contribution in [3.63, 3.8) is 0 Å². The van der Waals surface area contributed by atoms with E-state index >= 15 is 0 Å². The molecule has 1 heterocycles. The van der Waals surface area contributed by atoms with Crippen molar-refractivity contribution >= 4 is 33.5 Å². The fourth-order valence-corrected chi connectivity index (χ4v) is 1.38. The Morgan fingerprint density at radius 1 is 1.69 bits per heavy atom. The van der Waals surface area contributed by atoms with Crippen LogP contribution in [0.3, 0.4) is 0 Å². The molecular weight excluding hydrogens is 257 g/mol. The highest BCUT2D eigenvalue weighted by Crippen LogP contribution is 2.28. The van der Waals surface area contributed by atoms with Gasteiger partial charge in [0.15, 0.2) is 0 Å². The third kappa shape index (κ3) is 2.00. The summed E-state index contributed by atoms with van der Waals surface area (Å²) in [6.07, 6.45) is 1.40. The predicted molar refractivity (Wildman–Crippen MR) is 53.0 cm³/mol. The maximum Gasteiger partial charge on any atom is 0.340 e. The molecule has 0 aliphatic carbocycles. The van der Waals surface area contributed by atoms with Crippen LogP contribution in [0.25, 0.3) is 0 Å². The van der Waals surface area contributed by atoms with Gasteiger partial charge in [-0.2, -0.15) is 0 Å². The van der Waals surface area contributed by atoms with Crippen molar-refractivity contribution in [2.24, 2.45) is 0 Å². The molecule has 0 saturated carbocycles. The second-order valence-electron chi connectivity index (χ2n) is 2.38. The fraction of sp³-hybridized carbons (Fsp3) is 0.250. The molecule has 0 atom stereocenters. The van der Waals surface area contributed by atoms with Crippen LogP contribution in [0.15, 0.2) is 10.7 Å². The van der Waals surface area contributed by atoms with Crippen LogP contribution in [0.2, 0.25) is 5.02 Å². The van der Waals surface area contributed by atoms with Gasteiger partial charge in [-0.05, 0) is 22.9 Å². The molecule has 0 aromatic carbocycles. The number of carbonyl (C=O) groups is 1. The zero-order chi connectivity index (χ0) is 10.0. The van der Waals surface area contributed by atoms with Crippen LogP contribution >= 0.6 is 27.5 Å². The Bertz CT molecular complexity index is 354. The lowest BCUT2D eigenvalue weighted by Gasteiger charge is -2.04. The summed E-state index contributed by atoms with van der Waals surface area (Å²) in [5.74, 6) is -0.488. The lowest BCUT2D eigenvalue weighted by atomic mass is 10.2. The first kappa shape index (κ1) is 10.5. The topological polar surface area (TPSA) is 39.2 Å². The molecule has 0 amide bonds. The first-order valence-electron chi connectivity index (χ1n) is 3.46. The SMILES string of the molecule is COC(=O)c1cnc(C)c(Br)c1Cl. The predicted octanol–water partition coefficient (Wildman–Crippen LogP) is 2.59. The van der Waals surface area contributed by atoms with Gasteiger partial charge in [-0.3, -0.25) is 4.98 Å². The van der Waals surface area contributed by atoms with Gasteiger partial charge in [-0.15, -0.1) is 0 Å². The van der Waals surface area contributed by atoms with Gasteiger partial charge < -0.3 is 4.74 Å². The Kier molecular flexibility index (Phi) is 3.27. The first-order valence-corrected chi connectivity index (χ1v) is 4.64. The summed E-state index contributed by atoms with van der Waals surface area (Å²) in [5.41, 5.74) is 0.999. The quantitative estimate of drug-likeness (QED) is 0.732. The smallest absolute Gasteiger partial charge is 0.340 e. The molecule has 0 bridgehead atoms. The number of carbonyl (C=O) groups excluding carboxylic acids is 1. The minimum Gasteiger partial charge on any atom is -0.465 e. The van der Waals surface area contributed by atoms with E-state index in [9.17, 15) is 4.79 Å². The molecule has 0 saturated heterocycles. The Morgan fingerprint density at radius 2 is 2.31 bits per heavy atom. The molecule has 0 radical (unpaired) electrons. The number of aromatic nitrogens is 1. The highest BCUT2D eigenvalue weighted by atomic mass is 79.9. The van der Waals surface area contributed by atoms with Crippen LogP contribution in [-0.4, -0.2) is 18.1 Å². The summed E-state index contributed by atoms with van der Waals surface area (Å²) >= 11 is 9.11. The van der Waals surface area contributed by atoms with E-state index in [2.05, 4.69) is 25.7 Å². The fourth-order valence-electron chi connectivity index (χ4n) is 0.804. The van der Waals surface area contributed by atoms with E-state index in [1.807, 2.05) is 0 Å². The van der Waals surface area contributed by atoms with Crippen LogP contribution in [0.5, 0.6) is 0 Å². The Labute approximate surface area is 89.2 Å². The average molecular weight is 265 g/mol. The maximum atomic E-state index is 11.1. The molecule has 0 aliphatic heterocycles. The van der Waals surface area contributed by atoms with Gasteiger partial charge in [-0.25, -0.2) is 4.79 Å². The number of aryl methyl sites for hydroxylation is 1. The number of hydrogen-bond acceptors (Lipinski definition) is 3.